The second-order valence-corrected chi connectivity index (χ2v) is 4.13. The summed E-state index contributed by atoms with van der Waals surface area (Å²) in [6.45, 7) is 1.74. The predicted octanol–water partition coefficient (Wildman–Crippen LogP) is 1.23. The molecule has 1 aromatic heterocycles. The Kier molecular flexibility index (Phi) is 3.44. The third-order valence-corrected chi connectivity index (χ3v) is 3.17. The van der Waals surface area contributed by atoms with Gasteiger partial charge in [0.1, 0.15) is 0 Å². The number of hydrogen-bond donors (Lipinski definition) is 1. The fraction of sp³-hybridized carbons (Fsp3) is 0.778. The van der Waals surface area contributed by atoms with Crippen molar-refractivity contribution in [2.75, 3.05) is 20.3 Å². The first-order chi connectivity index (χ1) is 6.92. The average Bonchev–Trinajstić information content (AvgIpc) is 2.74. The van der Waals surface area contributed by atoms with Crippen LogP contribution in [-0.4, -0.2) is 29.0 Å². The molecule has 4 nitrogen and oxygen atoms in total. The standard InChI is InChI=1S/C9H15N3OS/c1-10-9(8-5-11-14-12-8)7-3-2-4-13-6-7/h5,7,9-10H,2-4,6H2,1H3. The zero-order valence-electron chi connectivity index (χ0n) is 8.27. The quantitative estimate of drug-likeness (QED) is 0.820. The molecule has 0 amide bonds. The van der Waals surface area contributed by atoms with Crippen molar-refractivity contribution in [3.05, 3.63) is 11.9 Å². The lowest BCUT2D eigenvalue weighted by molar-refractivity contribution is 0.0397. The van der Waals surface area contributed by atoms with E-state index in [0.717, 1.165) is 25.3 Å². The number of hydrogen-bond acceptors (Lipinski definition) is 5. The molecule has 0 aromatic carbocycles. The number of rotatable bonds is 3. The summed E-state index contributed by atoms with van der Waals surface area (Å²) in [5.74, 6) is 0.539. The highest BCUT2D eigenvalue weighted by Gasteiger charge is 2.25. The van der Waals surface area contributed by atoms with Crippen molar-refractivity contribution < 1.29 is 4.74 Å². The van der Waals surface area contributed by atoms with E-state index in [4.69, 9.17) is 4.74 Å². The Labute approximate surface area is 88.0 Å². The van der Waals surface area contributed by atoms with Gasteiger partial charge in [-0.2, -0.15) is 8.75 Å². The van der Waals surface area contributed by atoms with Gasteiger partial charge in [-0.05, 0) is 19.9 Å². The Morgan fingerprint density at radius 3 is 3.21 bits per heavy atom. The van der Waals surface area contributed by atoms with Gasteiger partial charge in [-0.15, -0.1) is 0 Å². The van der Waals surface area contributed by atoms with Crippen molar-refractivity contribution in [2.45, 2.75) is 18.9 Å². The number of ether oxygens (including phenoxy) is 1. The first-order valence-corrected chi connectivity index (χ1v) is 5.67. The van der Waals surface area contributed by atoms with Crippen LogP contribution >= 0.6 is 11.7 Å². The zero-order chi connectivity index (χ0) is 9.80. The molecule has 2 atom stereocenters. The molecule has 1 aromatic rings. The lowest BCUT2D eigenvalue weighted by Crippen LogP contribution is -2.31. The Morgan fingerprint density at radius 1 is 1.71 bits per heavy atom. The molecule has 0 spiro atoms. The van der Waals surface area contributed by atoms with Crippen LogP contribution in [0.3, 0.4) is 0 Å². The van der Waals surface area contributed by atoms with Crippen molar-refractivity contribution in [2.24, 2.45) is 5.92 Å². The summed E-state index contributed by atoms with van der Waals surface area (Å²) in [5, 5.41) is 3.30. The Morgan fingerprint density at radius 2 is 2.64 bits per heavy atom. The largest absolute Gasteiger partial charge is 0.381 e. The van der Waals surface area contributed by atoms with E-state index < -0.39 is 0 Å². The third-order valence-electron chi connectivity index (χ3n) is 2.67. The van der Waals surface area contributed by atoms with Gasteiger partial charge in [-0.25, -0.2) is 0 Å². The number of nitrogens with zero attached hydrogens (tertiary/aromatic N) is 2. The predicted molar refractivity (Wildman–Crippen MR) is 55.3 cm³/mol. The molecule has 78 valence electrons. The summed E-state index contributed by atoms with van der Waals surface area (Å²) in [7, 11) is 1.97. The molecule has 0 radical (unpaired) electrons. The van der Waals surface area contributed by atoms with E-state index in [9.17, 15) is 0 Å². The molecule has 0 aliphatic carbocycles. The highest BCUT2D eigenvalue weighted by Crippen LogP contribution is 2.27. The fourth-order valence-electron chi connectivity index (χ4n) is 1.96. The summed E-state index contributed by atoms with van der Waals surface area (Å²) in [4.78, 5) is 0. The van der Waals surface area contributed by atoms with E-state index in [2.05, 4.69) is 14.1 Å². The molecule has 5 heteroatoms. The van der Waals surface area contributed by atoms with Gasteiger partial charge in [0.25, 0.3) is 0 Å². The highest BCUT2D eigenvalue weighted by molar-refractivity contribution is 6.99. The third kappa shape index (κ3) is 2.10. The summed E-state index contributed by atoms with van der Waals surface area (Å²) in [5.41, 5.74) is 1.05. The van der Waals surface area contributed by atoms with Gasteiger partial charge in [0.15, 0.2) is 0 Å². The first-order valence-electron chi connectivity index (χ1n) is 4.94. The van der Waals surface area contributed by atoms with Crippen LogP contribution in [-0.2, 0) is 4.74 Å². The summed E-state index contributed by atoms with van der Waals surface area (Å²) in [6, 6.07) is 0.300. The van der Waals surface area contributed by atoms with Crippen LogP contribution in [0.1, 0.15) is 24.6 Å². The van der Waals surface area contributed by atoms with Crippen LogP contribution < -0.4 is 5.32 Å². The van der Waals surface area contributed by atoms with Gasteiger partial charge in [0.05, 0.1) is 36.3 Å². The molecule has 14 heavy (non-hydrogen) atoms. The van der Waals surface area contributed by atoms with Crippen molar-refractivity contribution in [1.29, 1.82) is 0 Å². The Bertz CT molecular complexity index is 259. The highest BCUT2D eigenvalue weighted by atomic mass is 32.1. The molecule has 1 saturated heterocycles. The maximum absolute atomic E-state index is 5.48. The number of nitrogens with one attached hydrogen (secondary N) is 1. The monoisotopic (exact) mass is 213 g/mol. The van der Waals surface area contributed by atoms with Crippen LogP contribution in [0.5, 0.6) is 0 Å². The lowest BCUT2D eigenvalue weighted by Gasteiger charge is -2.28. The Balaban J connectivity index is 2.04. The van der Waals surface area contributed by atoms with Gasteiger partial charge in [0, 0.05) is 12.5 Å². The molecule has 2 heterocycles. The van der Waals surface area contributed by atoms with Gasteiger partial charge in [-0.3, -0.25) is 0 Å². The van der Waals surface area contributed by atoms with Gasteiger partial charge < -0.3 is 10.1 Å². The SMILES string of the molecule is CNC(c1cnsn1)C1CCCOC1. The topological polar surface area (TPSA) is 47.0 Å². The normalized spacial score (nSPS) is 24.8. The van der Waals surface area contributed by atoms with Crippen LogP contribution in [0.4, 0.5) is 0 Å². The van der Waals surface area contributed by atoms with Crippen molar-refractivity contribution in [3.8, 4) is 0 Å². The molecular weight excluding hydrogens is 198 g/mol. The zero-order valence-corrected chi connectivity index (χ0v) is 9.09. The molecule has 0 bridgehead atoms. The smallest absolute Gasteiger partial charge is 0.0915 e. The van der Waals surface area contributed by atoms with E-state index in [0.29, 0.717) is 12.0 Å². The molecule has 0 saturated carbocycles. The molecule has 1 aliphatic heterocycles. The molecular formula is C9H15N3OS. The summed E-state index contributed by atoms with van der Waals surface area (Å²) in [6.07, 6.45) is 4.21. The molecule has 1 N–H and O–H groups in total. The average molecular weight is 213 g/mol. The minimum absolute atomic E-state index is 0.300. The van der Waals surface area contributed by atoms with Crippen molar-refractivity contribution >= 4 is 11.7 Å². The van der Waals surface area contributed by atoms with Crippen LogP contribution in [0.25, 0.3) is 0 Å². The van der Waals surface area contributed by atoms with E-state index in [1.54, 1.807) is 0 Å². The van der Waals surface area contributed by atoms with Gasteiger partial charge >= 0.3 is 0 Å². The Hall–Kier alpha value is -0.520. The molecule has 2 unspecified atom stereocenters. The maximum atomic E-state index is 5.48. The fourth-order valence-corrected chi connectivity index (χ4v) is 2.42. The van der Waals surface area contributed by atoms with Crippen LogP contribution in [0.15, 0.2) is 6.20 Å². The lowest BCUT2D eigenvalue weighted by atomic mass is 9.92. The van der Waals surface area contributed by atoms with E-state index in [1.807, 2.05) is 13.2 Å². The van der Waals surface area contributed by atoms with Crippen LogP contribution in [0.2, 0.25) is 0 Å². The summed E-state index contributed by atoms with van der Waals surface area (Å²) < 4.78 is 13.8. The van der Waals surface area contributed by atoms with Gasteiger partial charge in [0.2, 0.25) is 0 Å². The number of aromatic nitrogens is 2. The van der Waals surface area contributed by atoms with Crippen LogP contribution in [0, 0.1) is 5.92 Å². The van der Waals surface area contributed by atoms with E-state index >= 15 is 0 Å². The summed E-state index contributed by atoms with van der Waals surface area (Å²) >= 11 is 1.27. The molecule has 1 fully saturated rings. The van der Waals surface area contributed by atoms with Gasteiger partial charge in [-0.1, -0.05) is 0 Å². The maximum Gasteiger partial charge on any atom is 0.0915 e. The first kappa shape index (κ1) is 10.0. The minimum Gasteiger partial charge on any atom is -0.381 e. The minimum atomic E-state index is 0.300. The second kappa shape index (κ2) is 4.82. The van der Waals surface area contributed by atoms with E-state index in [1.165, 1.54) is 18.1 Å². The van der Waals surface area contributed by atoms with Crippen molar-refractivity contribution in [3.63, 3.8) is 0 Å². The van der Waals surface area contributed by atoms with Crippen molar-refractivity contribution in [1.82, 2.24) is 14.1 Å². The second-order valence-electron chi connectivity index (χ2n) is 3.58. The van der Waals surface area contributed by atoms with E-state index in [-0.39, 0.29) is 0 Å². The molecule has 2 rings (SSSR count). The molecule has 1 aliphatic rings.